The van der Waals surface area contributed by atoms with Crippen molar-refractivity contribution in [2.45, 2.75) is 19.9 Å². The Hall–Kier alpha value is -2.29. The van der Waals surface area contributed by atoms with Crippen LogP contribution < -0.4 is 5.32 Å². The second-order valence-electron chi connectivity index (χ2n) is 4.56. The summed E-state index contributed by atoms with van der Waals surface area (Å²) >= 11 is 0. The maximum atomic E-state index is 10.6. The molecule has 3 heteroatoms. The number of anilines is 1. The minimum absolute atomic E-state index is 0.0749. The summed E-state index contributed by atoms with van der Waals surface area (Å²) in [5.74, 6) is -0.800. The van der Waals surface area contributed by atoms with E-state index in [0.29, 0.717) is 0 Å². The minimum atomic E-state index is -0.800. The van der Waals surface area contributed by atoms with Crippen LogP contribution in [0.15, 0.2) is 48.5 Å². The lowest BCUT2D eigenvalue weighted by molar-refractivity contribution is -0.136. The van der Waals surface area contributed by atoms with Gasteiger partial charge in [0, 0.05) is 12.2 Å². The summed E-state index contributed by atoms with van der Waals surface area (Å²) in [6, 6.07) is 15.8. The van der Waals surface area contributed by atoms with Crippen molar-refractivity contribution in [2.75, 3.05) is 5.32 Å². The van der Waals surface area contributed by atoms with Crippen LogP contribution in [0.2, 0.25) is 0 Å². The number of nitrogens with one attached hydrogen (secondary N) is 1. The fraction of sp³-hybridized carbons (Fsp3) is 0.188. The molecule has 2 aromatic carbocycles. The van der Waals surface area contributed by atoms with Gasteiger partial charge < -0.3 is 10.4 Å². The van der Waals surface area contributed by atoms with Crippen LogP contribution >= 0.6 is 0 Å². The van der Waals surface area contributed by atoms with Crippen molar-refractivity contribution >= 4 is 11.7 Å². The van der Waals surface area contributed by atoms with Crippen molar-refractivity contribution in [1.29, 1.82) is 0 Å². The highest BCUT2D eigenvalue weighted by Gasteiger charge is 2.01. The third kappa shape index (κ3) is 3.85. The summed E-state index contributed by atoms with van der Waals surface area (Å²) in [5, 5.41) is 12.1. The van der Waals surface area contributed by atoms with Crippen LogP contribution in [0.4, 0.5) is 5.69 Å². The summed E-state index contributed by atoms with van der Waals surface area (Å²) in [5.41, 5.74) is 4.30. The Balaban J connectivity index is 1.97. The van der Waals surface area contributed by atoms with Gasteiger partial charge in [-0.1, -0.05) is 42.5 Å². The Morgan fingerprint density at radius 2 is 1.68 bits per heavy atom. The molecule has 0 aliphatic heterocycles. The summed E-state index contributed by atoms with van der Waals surface area (Å²) in [4.78, 5) is 10.6. The maximum Gasteiger partial charge on any atom is 0.307 e. The molecule has 0 fully saturated rings. The van der Waals surface area contributed by atoms with E-state index in [1.54, 1.807) is 0 Å². The average Bonchev–Trinajstić information content (AvgIpc) is 2.39. The number of carbonyl (C=O) groups is 1. The topological polar surface area (TPSA) is 49.3 Å². The van der Waals surface area contributed by atoms with Crippen molar-refractivity contribution < 1.29 is 9.90 Å². The van der Waals surface area contributed by atoms with E-state index in [1.165, 1.54) is 5.56 Å². The SMILES string of the molecule is Cc1ccccc1NCc1ccc(CC(=O)O)cc1. The zero-order valence-corrected chi connectivity index (χ0v) is 10.9. The van der Waals surface area contributed by atoms with Gasteiger partial charge in [-0.15, -0.1) is 0 Å². The first-order valence-electron chi connectivity index (χ1n) is 6.24. The van der Waals surface area contributed by atoms with E-state index in [1.807, 2.05) is 42.5 Å². The molecule has 19 heavy (non-hydrogen) atoms. The van der Waals surface area contributed by atoms with E-state index in [-0.39, 0.29) is 6.42 Å². The number of benzene rings is 2. The number of carboxylic acid groups (broad SMARTS) is 1. The molecule has 0 radical (unpaired) electrons. The summed E-state index contributed by atoms with van der Waals surface area (Å²) in [7, 11) is 0. The van der Waals surface area contributed by atoms with E-state index in [0.717, 1.165) is 23.4 Å². The number of hydrogen-bond donors (Lipinski definition) is 2. The Bertz CT molecular complexity index is 561. The van der Waals surface area contributed by atoms with Gasteiger partial charge in [-0.05, 0) is 29.7 Å². The second kappa shape index (κ2) is 6.05. The summed E-state index contributed by atoms with van der Waals surface area (Å²) in [6.45, 7) is 2.80. The average molecular weight is 255 g/mol. The van der Waals surface area contributed by atoms with Gasteiger partial charge in [-0.3, -0.25) is 4.79 Å². The summed E-state index contributed by atoms with van der Waals surface area (Å²) in [6.07, 6.45) is 0.0749. The second-order valence-corrected chi connectivity index (χ2v) is 4.56. The molecule has 0 amide bonds. The number of aryl methyl sites for hydroxylation is 1. The maximum absolute atomic E-state index is 10.6. The highest BCUT2D eigenvalue weighted by molar-refractivity contribution is 5.70. The highest BCUT2D eigenvalue weighted by atomic mass is 16.4. The molecule has 2 rings (SSSR count). The predicted octanol–water partition coefficient (Wildman–Crippen LogP) is 3.23. The lowest BCUT2D eigenvalue weighted by Gasteiger charge is -2.09. The molecule has 0 aliphatic rings. The van der Waals surface area contributed by atoms with Gasteiger partial charge in [0.15, 0.2) is 0 Å². The molecule has 0 spiro atoms. The van der Waals surface area contributed by atoms with Crippen LogP contribution in [-0.2, 0) is 17.8 Å². The Morgan fingerprint density at radius 1 is 1.05 bits per heavy atom. The van der Waals surface area contributed by atoms with E-state index in [4.69, 9.17) is 5.11 Å². The van der Waals surface area contributed by atoms with Gasteiger partial charge in [0.25, 0.3) is 0 Å². The van der Waals surface area contributed by atoms with Crippen molar-refractivity contribution in [3.8, 4) is 0 Å². The third-order valence-electron chi connectivity index (χ3n) is 3.01. The number of carboxylic acids is 1. The highest BCUT2D eigenvalue weighted by Crippen LogP contribution is 2.15. The van der Waals surface area contributed by atoms with Crippen molar-refractivity contribution in [3.05, 3.63) is 65.2 Å². The van der Waals surface area contributed by atoms with Gasteiger partial charge in [-0.2, -0.15) is 0 Å². The summed E-state index contributed by atoms with van der Waals surface area (Å²) < 4.78 is 0. The van der Waals surface area contributed by atoms with Crippen LogP contribution in [0.25, 0.3) is 0 Å². The van der Waals surface area contributed by atoms with E-state index in [2.05, 4.69) is 18.3 Å². The molecule has 0 heterocycles. The lowest BCUT2D eigenvalue weighted by Crippen LogP contribution is -2.02. The largest absolute Gasteiger partial charge is 0.481 e. The molecule has 2 aromatic rings. The molecular formula is C16H17NO2. The molecule has 98 valence electrons. The van der Waals surface area contributed by atoms with Crippen LogP contribution in [0.5, 0.6) is 0 Å². The predicted molar refractivity (Wildman–Crippen MR) is 76.3 cm³/mol. The minimum Gasteiger partial charge on any atom is -0.481 e. The van der Waals surface area contributed by atoms with Crippen molar-refractivity contribution in [1.82, 2.24) is 0 Å². The van der Waals surface area contributed by atoms with Gasteiger partial charge in [-0.25, -0.2) is 0 Å². The zero-order chi connectivity index (χ0) is 13.7. The molecule has 0 unspecified atom stereocenters. The smallest absolute Gasteiger partial charge is 0.307 e. The molecular weight excluding hydrogens is 238 g/mol. The first-order valence-corrected chi connectivity index (χ1v) is 6.24. The third-order valence-corrected chi connectivity index (χ3v) is 3.01. The quantitative estimate of drug-likeness (QED) is 0.862. The fourth-order valence-corrected chi connectivity index (χ4v) is 1.92. The normalized spacial score (nSPS) is 10.2. The lowest BCUT2D eigenvalue weighted by atomic mass is 10.1. The van der Waals surface area contributed by atoms with Crippen LogP contribution in [-0.4, -0.2) is 11.1 Å². The Labute approximate surface area is 112 Å². The Kier molecular flexibility index (Phi) is 4.18. The van der Waals surface area contributed by atoms with Crippen LogP contribution in [0.3, 0.4) is 0 Å². The monoisotopic (exact) mass is 255 g/mol. The van der Waals surface area contributed by atoms with Gasteiger partial charge in [0.2, 0.25) is 0 Å². The fourth-order valence-electron chi connectivity index (χ4n) is 1.92. The van der Waals surface area contributed by atoms with Crippen molar-refractivity contribution in [2.24, 2.45) is 0 Å². The van der Waals surface area contributed by atoms with Gasteiger partial charge in [0.05, 0.1) is 6.42 Å². The van der Waals surface area contributed by atoms with E-state index >= 15 is 0 Å². The van der Waals surface area contributed by atoms with Crippen LogP contribution in [0.1, 0.15) is 16.7 Å². The zero-order valence-electron chi connectivity index (χ0n) is 10.9. The van der Waals surface area contributed by atoms with Gasteiger partial charge >= 0.3 is 5.97 Å². The molecule has 2 N–H and O–H groups in total. The molecule has 0 bridgehead atoms. The first kappa shape index (κ1) is 13.1. The Morgan fingerprint density at radius 3 is 2.32 bits per heavy atom. The van der Waals surface area contributed by atoms with Crippen LogP contribution in [0, 0.1) is 6.92 Å². The molecule has 0 saturated carbocycles. The number of hydrogen-bond acceptors (Lipinski definition) is 2. The molecule has 0 saturated heterocycles. The van der Waals surface area contributed by atoms with E-state index in [9.17, 15) is 4.79 Å². The molecule has 0 atom stereocenters. The number of para-hydroxylation sites is 1. The number of aliphatic carboxylic acids is 1. The molecule has 0 aromatic heterocycles. The molecule has 0 aliphatic carbocycles. The first-order chi connectivity index (χ1) is 9.15. The number of rotatable bonds is 5. The van der Waals surface area contributed by atoms with E-state index < -0.39 is 5.97 Å². The van der Waals surface area contributed by atoms with Crippen molar-refractivity contribution in [3.63, 3.8) is 0 Å². The van der Waals surface area contributed by atoms with Gasteiger partial charge in [0.1, 0.15) is 0 Å². The standard InChI is InChI=1S/C16H17NO2/c1-12-4-2-3-5-15(12)17-11-14-8-6-13(7-9-14)10-16(18)19/h2-9,17H,10-11H2,1H3,(H,18,19). The molecule has 3 nitrogen and oxygen atoms in total.